The zero-order valence-corrected chi connectivity index (χ0v) is 15.9. The van der Waals surface area contributed by atoms with Crippen LogP contribution in [0, 0.1) is 6.92 Å². The van der Waals surface area contributed by atoms with Crippen molar-refractivity contribution in [1.82, 2.24) is 4.90 Å². The monoisotopic (exact) mass is 367 g/mol. The second kappa shape index (κ2) is 9.42. The Morgan fingerprint density at radius 3 is 2.52 bits per heavy atom. The summed E-state index contributed by atoms with van der Waals surface area (Å²) in [6.45, 7) is 5.38. The van der Waals surface area contributed by atoms with Gasteiger partial charge in [-0.25, -0.2) is 4.79 Å². The number of nitrogens with zero attached hydrogens (tertiary/aromatic N) is 1. The van der Waals surface area contributed by atoms with E-state index in [1.165, 1.54) is 11.3 Å². The lowest BCUT2D eigenvalue weighted by Crippen LogP contribution is -2.39. The molecule has 2 aromatic carbocycles. The molecular weight excluding hydrogens is 338 g/mol. The molecule has 1 aliphatic rings. The third-order valence-corrected chi connectivity index (χ3v) is 5.19. The molecule has 5 heteroatoms. The van der Waals surface area contributed by atoms with E-state index in [1.807, 2.05) is 24.3 Å². The average Bonchev–Trinajstić information content (AvgIpc) is 2.66. The van der Waals surface area contributed by atoms with Crippen LogP contribution in [0.3, 0.4) is 0 Å². The molecule has 0 saturated carbocycles. The number of anilines is 2. The van der Waals surface area contributed by atoms with Crippen LogP contribution >= 0.6 is 0 Å². The first-order valence-electron chi connectivity index (χ1n) is 9.73. The van der Waals surface area contributed by atoms with Crippen LogP contribution in [-0.2, 0) is 6.42 Å². The molecule has 27 heavy (non-hydrogen) atoms. The molecule has 0 bridgehead atoms. The van der Waals surface area contributed by atoms with Gasteiger partial charge in [-0.05, 0) is 62.9 Å². The van der Waals surface area contributed by atoms with Crippen LogP contribution in [0.15, 0.2) is 48.5 Å². The van der Waals surface area contributed by atoms with E-state index in [2.05, 4.69) is 46.7 Å². The minimum absolute atomic E-state index is 0.546. The molecule has 0 unspecified atom stereocenters. The predicted molar refractivity (Wildman–Crippen MR) is 111 cm³/mol. The molecule has 0 atom stereocenters. The first-order valence-corrected chi connectivity index (χ1v) is 9.73. The largest absolute Gasteiger partial charge is 0.465 e. The van der Waals surface area contributed by atoms with Gasteiger partial charge in [0.1, 0.15) is 0 Å². The van der Waals surface area contributed by atoms with Crippen LogP contribution in [0.1, 0.15) is 30.4 Å². The first kappa shape index (κ1) is 19.2. The third-order valence-electron chi connectivity index (χ3n) is 5.19. The van der Waals surface area contributed by atoms with Crippen molar-refractivity contribution in [3.63, 3.8) is 0 Å². The maximum absolute atomic E-state index is 10.9. The summed E-state index contributed by atoms with van der Waals surface area (Å²) >= 11 is 0. The zero-order valence-electron chi connectivity index (χ0n) is 15.9. The molecule has 0 radical (unpaired) electrons. The number of nitrogens with one attached hydrogen (secondary N) is 2. The van der Waals surface area contributed by atoms with E-state index in [9.17, 15) is 4.79 Å². The number of likely N-dealkylation sites (tertiary alicyclic amines) is 1. The molecule has 1 fully saturated rings. The number of amides is 1. The highest BCUT2D eigenvalue weighted by Crippen LogP contribution is 2.19. The number of rotatable bonds is 7. The van der Waals surface area contributed by atoms with Gasteiger partial charge >= 0.3 is 6.09 Å². The Bertz CT molecular complexity index is 737. The molecule has 2 aromatic rings. The second-order valence-electron chi connectivity index (χ2n) is 7.32. The molecule has 0 spiro atoms. The fraction of sp³-hybridized carbons (Fsp3) is 0.409. The summed E-state index contributed by atoms with van der Waals surface area (Å²) in [4.78, 5) is 13.4. The van der Waals surface area contributed by atoms with Crippen LogP contribution in [0.25, 0.3) is 0 Å². The normalized spacial score (nSPS) is 15.4. The Kier molecular flexibility index (Phi) is 6.71. The van der Waals surface area contributed by atoms with Gasteiger partial charge in [0.05, 0.1) is 0 Å². The van der Waals surface area contributed by atoms with Crippen molar-refractivity contribution < 1.29 is 9.90 Å². The van der Waals surface area contributed by atoms with Crippen molar-refractivity contribution in [2.75, 3.05) is 30.3 Å². The van der Waals surface area contributed by atoms with Crippen LogP contribution < -0.4 is 10.6 Å². The molecule has 5 nitrogen and oxygen atoms in total. The van der Waals surface area contributed by atoms with Gasteiger partial charge in [0.2, 0.25) is 0 Å². The van der Waals surface area contributed by atoms with Gasteiger partial charge in [-0.15, -0.1) is 0 Å². The fourth-order valence-electron chi connectivity index (χ4n) is 3.65. The standard InChI is InChI=1S/C22H29N3O2/c1-17-8-10-19(11-9-17)23-20-12-15-25(16-13-20)14-4-6-18-5-2-3-7-21(18)24-22(26)27/h2-3,5,7-11,20,23-24H,4,6,12-16H2,1H3,(H,26,27). The Labute approximate surface area is 161 Å². The van der Waals surface area contributed by atoms with Gasteiger partial charge in [0.25, 0.3) is 0 Å². The van der Waals surface area contributed by atoms with Gasteiger partial charge in [0.15, 0.2) is 0 Å². The molecule has 1 saturated heterocycles. The lowest BCUT2D eigenvalue weighted by atomic mass is 10.0. The number of benzene rings is 2. The summed E-state index contributed by atoms with van der Waals surface area (Å²) in [5.41, 5.74) is 4.26. The third kappa shape index (κ3) is 6.00. The number of hydrogen-bond donors (Lipinski definition) is 3. The van der Waals surface area contributed by atoms with E-state index in [-0.39, 0.29) is 0 Å². The fourth-order valence-corrected chi connectivity index (χ4v) is 3.65. The topological polar surface area (TPSA) is 64.6 Å². The van der Waals surface area contributed by atoms with Crippen molar-refractivity contribution in [1.29, 1.82) is 0 Å². The maximum Gasteiger partial charge on any atom is 0.409 e. The lowest BCUT2D eigenvalue weighted by molar-refractivity contribution is 0.209. The highest BCUT2D eigenvalue weighted by atomic mass is 16.4. The van der Waals surface area contributed by atoms with Crippen LogP contribution in [-0.4, -0.2) is 41.8 Å². The Balaban J connectivity index is 1.40. The average molecular weight is 367 g/mol. The van der Waals surface area contributed by atoms with E-state index in [0.717, 1.165) is 50.9 Å². The van der Waals surface area contributed by atoms with Gasteiger partial charge in [0, 0.05) is 30.5 Å². The van der Waals surface area contributed by atoms with E-state index < -0.39 is 6.09 Å². The molecule has 1 aliphatic heterocycles. The van der Waals surface area contributed by atoms with Gasteiger partial charge in [-0.2, -0.15) is 0 Å². The Morgan fingerprint density at radius 1 is 1.11 bits per heavy atom. The van der Waals surface area contributed by atoms with Crippen molar-refractivity contribution in [3.05, 3.63) is 59.7 Å². The summed E-state index contributed by atoms with van der Waals surface area (Å²) in [7, 11) is 0. The van der Waals surface area contributed by atoms with Crippen molar-refractivity contribution in [3.8, 4) is 0 Å². The van der Waals surface area contributed by atoms with Crippen molar-refractivity contribution >= 4 is 17.5 Å². The minimum Gasteiger partial charge on any atom is -0.465 e. The Hall–Kier alpha value is -2.53. The SMILES string of the molecule is Cc1ccc(NC2CCN(CCCc3ccccc3NC(=O)O)CC2)cc1. The predicted octanol–water partition coefficient (Wildman–Crippen LogP) is 4.59. The number of piperidine rings is 1. The molecule has 1 amide bonds. The summed E-state index contributed by atoms with van der Waals surface area (Å²) in [6, 6.07) is 16.8. The van der Waals surface area contributed by atoms with E-state index in [0.29, 0.717) is 11.7 Å². The molecule has 1 heterocycles. The minimum atomic E-state index is -1.01. The van der Waals surface area contributed by atoms with Crippen LogP contribution in [0.4, 0.5) is 16.2 Å². The summed E-state index contributed by atoms with van der Waals surface area (Å²) in [5, 5.41) is 15.1. The molecule has 144 valence electrons. The lowest BCUT2D eigenvalue weighted by Gasteiger charge is -2.33. The van der Waals surface area contributed by atoms with Crippen molar-refractivity contribution in [2.24, 2.45) is 0 Å². The number of aryl methyl sites for hydroxylation is 2. The zero-order chi connectivity index (χ0) is 19.1. The van der Waals surface area contributed by atoms with E-state index in [1.54, 1.807) is 0 Å². The molecule has 0 aliphatic carbocycles. The second-order valence-corrected chi connectivity index (χ2v) is 7.32. The van der Waals surface area contributed by atoms with E-state index >= 15 is 0 Å². The smallest absolute Gasteiger partial charge is 0.409 e. The number of carboxylic acid groups (broad SMARTS) is 1. The van der Waals surface area contributed by atoms with Gasteiger partial charge in [-0.3, -0.25) is 5.32 Å². The summed E-state index contributed by atoms with van der Waals surface area (Å²) in [6.07, 6.45) is 3.23. The first-order chi connectivity index (χ1) is 13.1. The quantitative estimate of drug-likeness (QED) is 0.669. The Morgan fingerprint density at radius 2 is 1.81 bits per heavy atom. The number of carbonyl (C=O) groups is 1. The highest BCUT2D eigenvalue weighted by molar-refractivity contribution is 5.83. The molecule has 3 N–H and O–H groups in total. The van der Waals surface area contributed by atoms with E-state index in [4.69, 9.17) is 5.11 Å². The van der Waals surface area contributed by atoms with Crippen molar-refractivity contribution in [2.45, 2.75) is 38.6 Å². The highest BCUT2D eigenvalue weighted by Gasteiger charge is 2.18. The summed E-state index contributed by atoms with van der Waals surface area (Å²) < 4.78 is 0. The van der Waals surface area contributed by atoms with Gasteiger partial charge in [-0.1, -0.05) is 35.9 Å². The molecule has 3 rings (SSSR count). The molecular formula is C22H29N3O2. The summed E-state index contributed by atoms with van der Waals surface area (Å²) in [5.74, 6) is 0. The maximum atomic E-state index is 10.9. The van der Waals surface area contributed by atoms with Crippen LogP contribution in [0.5, 0.6) is 0 Å². The number of para-hydroxylation sites is 1. The van der Waals surface area contributed by atoms with Crippen LogP contribution in [0.2, 0.25) is 0 Å². The number of hydrogen-bond acceptors (Lipinski definition) is 3. The van der Waals surface area contributed by atoms with Gasteiger partial charge < -0.3 is 15.3 Å². The molecule has 0 aromatic heterocycles.